The maximum atomic E-state index is 6.06. The summed E-state index contributed by atoms with van der Waals surface area (Å²) in [5, 5.41) is 0. The van der Waals surface area contributed by atoms with Gasteiger partial charge in [0.05, 0.1) is 19.3 Å². The first-order chi connectivity index (χ1) is 8.74. The fourth-order valence-electron chi connectivity index (χ4n) is 2.91. The van der Waals surface area contributed by atoms with E-state index in [9.17, 15) is 0 Å². The predicted molar refractivity (Wildman–Crippen MR) is 70.6 cm³/mol. The van der Waals surface area contributed by atoms with Gasteiger partial charge in [0, 0.05) is 31.4 Å². The van der Waals surface area contributed by atoms with Gasteiger partial charge in [-0.2, -0.15) is 0 Å². The van der Waals surface area contributed by atoms with Gasteiger partial charge in [-0.1, -0.05) is 6.07 Å². The molecule has 2 fully saturated rings. The van der Waals surface area contributed by atoms with Gasteiger partial charge in [0.25, 0.3) is 0 Å². The molecule has 1 aromatic rings. The van der Waals surface area contributed by atoms with Crippen molar-refractivity contribution in [2.24, 2.45) is 0 Å². The van der Waals surface area contributed by atoms with E-state index in [1.165, 1.54) is 18.4 Å². The van der Waals surface area contributed by atoms with E-state index in [0.29, 0.717) is 12.2 Å². The van der Waals surface area contributed by atoms with E-state index in [1.54, 1.807) is 7.11 Å². The zero-order valence-electron chi connectivity index (χ0n) is 10.8. The van der Waals surface area contributed by atoms with Gasteiger partial charge in [-0.3, -0.25) is 4.90 Å². The number of nitrogens with zero attached hydrogens (tertiary/aromatic N) is 1. The molecular weight excluding hydrogens is 228 g/mol. The van der Waals surface area contributed by atoms with Crippen LogP contribution in [0.5, 0.6) is 5.75 Å². The molecule has 0 saturated carbocycles. The zero-order chi connectivity index (χ0) is 12.5. The first kappa shape index (κ1) is 11.8. The first-order valence-corrected chi connectivity index (χ1v) is 6.55. The molecule has 2 bridgehead atoms. The topological polar surface area (TPSA) is 47.7 Å². The van der Waals surface area contributed by atoms with Crippen LogP contribution in [0.3, 0.4) is 0 Å². The fraction of sp³-hybridized carbons (Fsp3) is 0.571. The molecule has 2 saturated heterocycles. The molecule has 2 aliphatic heterocycles. The molecule has 18 heavy (non-hydrogen) atoms. The second-order valence-electron chi connectivity index (χ2n) is 5.22. The number of nitrogens with two attached hydrogens (primary N) is 1. The summed E-state index contributed by atoms with van der Waals surface area (Å²) in [7, 11) is 1.66. The lowest BCUT2D eigenvalue weighted by atomic mass is 10.1. The molecule has 3 rings (SSSR count). The Hall–Kier alpha value is -1.26. The van der Waals surface area contributed by atoms with Crippen molar-refractivity contribution >= 4 is 5.69 Å². The largest absolute Gasteiger partial charge is 0.497 e. The Kier molecular flexibility index (Phi) is 3.14. The SMILES string of the molecule is COc1ccc(CN2CC3CCC(C2)O3)c(N)c1. The lowest BCUT2D eigenvalue weighted by Crippen LogP contribution is -2.42. The Morgan fingerprint density at radius 2 is 2.06 bits per heavy atom. The van der Waals surface area contributed by atoms with Gasteiger partial charge in [0.2, 0.25) is 0 Å². The van der Waals surface area contributed by atoms with E-state index < -0.39 is 0 Å². The van der Waals surface area contributed by atoms with E-state index in [2.05, 4.69) is 11.0 Å². The molecular formula is C14H20N2O2. The molecule has 0 radical (unpaired) electrons. The van der Waals surface area contributed by atoms with Crippen LogP contribution in [0.25, 0.3) is 0 Å². The highest BCUT2D eigenvalue weighted by Crippen LogP contribution is 2.28. The van der Waals surface area contributed by atoms with E-state index in [0.717, 1.165) is 31.1 Å². The normalized spacial score (nSPS) is 27.4. The summed E-state index contributed by atoms with van der Waals surface area (Å²) in [6.07, 6.45) is 3.28. The number of fused-ring (bicyclic) bond motifs is 2. The lowest BCUT2D eigenvalue weighted by Gasteiger charge is -2.32. The quantitative estimate of drug-likeness (QED) is 0.826. The third-order valence-electron chi connectivity index (χ3n) is 3.87. The highest BCUT2D eigenvalue weighted by Gasteiger charge is 2.33. The Morgan fingerprint density at radius 3 is 2.67 bits per heavy atom. The summed E-state index contributed by atoms with van der Waals surface area (Å²) in [6, 6.07) is 5.93. The number of hydrogen-bond acceptors (Lipinski definition) is 4. The Labute approximate surface area is 108 Å². The van der Waals surface area contributed by atoms with Gasteiger partial charge in [-0.25, -0.2) is 0 Å². The monoisotopic (exact) mass is 248 g/mol. The molecule has 2 aliphatic rings. The van der Waals surface area contributed by atoms with Crippen LogP contribution in [0.15, 0.2) is 18.2 Å². The van der Waals surface area contributed by atoms with E-state index >= 15 is 0 Å². The molecule has 0 aliphatic carbocycles. The lowest BCUT2D eigenvalue weighted by molar-refractivity contribution is -0.0410. The minimum absolute atomic E-state index is 0.434. The standard InChI is InChI=1S/C14H20N2O2/c1-17-11-3-2-10(14(15)6-11)7-16-8-12-4-5-13(9-16)18-12/h2-3,6,12-13H,4-5,7-9,15H2,1H3. The Balaban J connectivity index is 1.69. The van der Waals surface area contributed by atoms with Crippen LogP contribution < -0.4 is 10.5 Å². The smallest absolute Gasteiger partial charge is 0.120 e. The van der Waals surface area contributed by atoms with Crippen LogP contribution in [0.4, 0.5) is 5.69 Å². The molecule has 4 nitrogen and oxygen atoms in total. The minimum atomic E-state index is 0.434. The van der Waals surface area contributed by atoms with E-state index in [1.807, 2.05) is 12.1 Å². The Bertz CT molecular complexity index is 424. The second-order valence-corrected chi connectivity index (χ2v) is 5.22. The summed E-state index contributed by atoms with van der Waals surface area (Å²) >= 11 is 0. The molecule has 0 amide bonds. The van der Waals surface area contributed by atoms with Crippen molar-refractivity contribution in [2.45, 2.75) is 31.6 Å². The van der Waals surface area contributed by atoms with Crippen molar-refractivity contribution in [1.82, 2.24) is 4.90 Å². The number of rotatable bonds is 3. The summed E-state index contributed by atoms with van der Waals surface area (Å²) in [6.45, 7) is 2.97. The molecule has 1 aromatic carbocycles. The van der Waals surface area contributed by atoms with E-state index in [-0.39, 0.29) is 0 Å². The summed E-state index contributed by atoms with van der Waals surface area (Å²) in [4.78, 5) is 2.45. The number of nitrogen functional groups attached to an aromatic ring is 1. The second kappa shape index (κ2) is 4.78. The van der Waals surface area contributed by atoms with Crippen LogP contribution in [-0.2, 0) is 11.3 Å². The fourth-order valence-corrected chi connectivity index (χ4v) is 2.91. The molecule has 2 heterocycles. The minimum Gasteiger partial charge on any atom is -0.497 e. The van der Waals surface area contributed by atoms with Crippen molar-refractivity contribution in [3.05, 3.63) is 23.8 Å². The van der Waals surface area contributed by atoms with Gasteiger partial charge in [0.1, 0.15) is 5.75 Å². The van der Waals surface area contributed by atoms with Gasteiger partial charge < -0.3 is 15.2 Å². The van der Waals surface area contributed by atoms with E-state index in [4.69, 9.17) is 15.2 Å². The number of anilines is 1. The van der Waals surface area contributed by atoms with Gasteiger partial charge >= 0.3 is 0 Å². The van der Waals surface area contributed by atoms with Crippen LogP contribution in [0, 0.1) is 0 Å². The molecule has 98 valence electrons. The van der Waals surface area contributed by atoms with Gasteiger partial charge in [-0.15, -0.1) is 0 Å². The van der Waals surface area contributed by atoms with Crippen LogP contribution >= 0.6 is 0 Å². The Morgan fingerprint density at radius 1 is 1.33 bits per heavy atom. The van der Waals surface area contributed by atoms with Crippen molar-refractivity contribution < 1.29 is 9.47 Å². The average Bonchev–Trinajstić information content (AvgIpc) is 2.71. The number of methoxy groups -OCH3 is 1. The number of ether oxygens (including phenoxy) is 2. The van der Waals surface area contributed by atoms with Gasteiger partial charge in [0.15, 0.2) is 0 Å². The third-order valence-corrected chi connectivity index (χ3v) is 3.87. The van der Waals surface area contributed by atoms with Crippen molar-refractivity contribution in [1.29, 1.82) is 0 Å². The molecule has 2 unspecified atom stereocenters. The number of morpholine rings is 1. The number of hydrogen-bond donors (Lipinski definition) is 1. The molecule has 0 aromatic heterocycles. The van der Waals surface area contributed by atoms with Crippen LogP contribution in [-0.4, -0.2) is 37.3 Å². The van der Waals surface area contributed by atoms with Gasteiger partial charge in [-0.05, 0) is 24.5 Å². The maximum Gasteiger partial charge on any atom is 0.120 e. The highest BCUT2D eigenvalue weighted by molar-refractivity contribution is 5.51. The summed E-state index contributed by atoms with van der Waals surface area (Å²) in [5.74, 6) is 0.818. The molecule has 2 N–H and O–H groups in total. The van der Waals surface area contributed by atoms with Crippen molar-refractivity contribution in [3.8, 4) is 5.75 Å². The number of benzene rings is 1. The average molecular weight is 248 g/mol. The van der Waals surface area contributed by atoms with Crippen molar-refractivity contribution in [3.63, 3.8) is 0 Å². The molecule has 2 atom stereocenters. The maximum absolute atomic E-state index is 6.06. The first-order valence-electron chi connectivity index (χ1n) is 6.55. The summed E-state index contributed by atoms with van der Waals surface area (Å²) in [5.41, 5.74) is 8.05. The summed E-state index contributed by atoms with van der Waals surface area (Å²) < 4.78 is 11.0. The van der Waals surface area contributed by atoms with Crippen LogP contribution in [0.1, 0.15) is 18.4 Å². The molecule has 0 spiro atoms. The zero-order valence-corrected chi connectivity index (χ0v) is 10.8. The third kappa shape index (κ3) is 2.31. The number of likely N-dealkylation sites (tertiary alicyclic amines) is 1. The predicted octanol–water partition coefficient (Wildman–Crippen LogP) is 1.64. The van der Waals surface area contributed by atoms with Crippen molar-refractivity contribution in [2.75, 3.05) is 25.9 Å². The van der Waals surface area contributed by atoms with Crippen LogP contribution in [0.2, 0.25) is 0 Å². The molecule has 4 heteroatoms. The highest BCUT2D eigenvalue weighted by atomic mass is 16.5.